The molecule has 88 valence electrons. The molecule has 1 aliphatic rings. The minimum atomic E-state index is -0.693. The summed E-state index contributed by atoms with van der Waals surface area (Å²) in [6.45, 7) is 5.66. The highest BCUT2D eigenvalue weighted by molar-refractivity contribution is 5.64. The number of hydrogen-bond donors (Lipinski definition) is 2. The first-order valence-corrected chi connectivity index (χ1v) is 5.77. The topological polar surface area (TPSA) is 64.3 Å². The normalized spacial score (nSPS) is 31.2. The molecule has 0 spiro atoms. The molecule has 1 rings (SSSR count). The third-order valence-corrected chi connectivity index (χ3v) is 3.46. The number of ether oxygens (including phenoxy) is 1. The van der Waals surface area contributed by atoms with Gasteiger partial charge in [-0.3, -0.25) is 0 Å². The minimum Gasteiger partial charge on any atom is -0.448 e. The second-order valence-electron chi connectivity index (χ2n) is 4.50. The molecule has 3 N–H and O–H groups in total. The van der Waals surface area contributed by atoms with Crippen molar-refractivity contribution in [1.82, 2.24) is 5.32 Å². The lowest BCUT2D eigenvalue weighted by atomic mass is 9.78. The third kappa shape index (κ3) is 4.08. The zero-order valence-corrected chi connectivity index (χ0v) is 9.66. The van der Waals surface area contributed by atoms with Crippen molar-refractivity contribution in [1.29, 1.82) is 0 Å². The summed E-state index contributed by atoms with van der Waals surface area (Å²) in [6, 6.07) is 0.560. The van der Waals surface area contributed by atoms with Gasteiger partial charge in [0.2, 0.25) is 0 Å². The van der Waals surface area contributed by atoms with Crippen molar-refractivity contribution in [3.8, 4) is 0 Å². The zero-order valence-electron chi connectivity index (χ0n) is 9.66. The summed E-state index contributed by atoms with van der Waals surface area (Å²) in [5.41, 5.74) is 4.87. The average molecular weight is 214 g/mol. The van der Waals surface area contributed by atoms with Crippen molar-refractivity contribution in [3.63, 3.8) is 0 Å². The molecule has 15 heavy (non-hydrogen) atoms. The molecule has 1 aliphatic carbocycles. The van der Waals surface area contributed by atoms with Crippen LogP contribution < -0.4 is 11.1 Å². The van der Waals surface area contributed by atoms with Gasteiger partial charge in [-0.1, -0.05) is 26.7 Å². The lowest BCUT2D eigenvalue weighted by Gasteiger charge is -2.34. The predicted molar refractivity (Wildman–Crippen MR) is 59.5 cm³/mol. The second kappa shape index (κ2) is 5.95. The first-order valence-electron chi connectivity index (χ1n) is 5.77. The van der Waals surface area contributed by atoms with E-state index < -0.39 is 6.09 Å². The maximum Gasteiger partial charge on any atom is 0.404 e. The predicted octanol–water partition coefficient (Wildman–Crippen LogP) is 1.50. The fourth-order valence-corrected chi connectivity index (χ4v) is 2.27. The van der Waals surface area contributed by atoms with Crippen molar-refractivity contribution in [2.24, 2.45) is 17.6 Å². The molecule has 0 aromatic heterocycles. The van der Waals surface area contributed by atoms with E-state index >= 15 is 0 Å². The largest absolute Gasteiger partial charge is 0.448 e. The summed E-state index contributed by atoms with van der Waals surface area (Å²) >= 11 is 0. The fourth-order valence-electron chi connectivity index (χ4n) is 2.27. The van der Waals surface area contributed by atoms with Gasteiger partial charge < -0.3 is 15.8 Å². The van der Waals surface area contributed by atoms with Gasteiger partial charge in [-0.2, -0.15) is 0 Å². The summed E-state index contributed by atoms with van der Waals surface area (Å²) in [4.78, 5) is 10.3. The Hall–Kier alpha value is -0.770. The van der Waals surface area contributed by atoms with Crippen LogP contribution in [0.4, 0.5) is 4.79 Å². The Bertz CT molecular complexity index is 209. The van der Waals surface area contributed by atoms with Crippen LogP contribution >= 0.6 is 0 Å². The van der Waals surface area contributed by atoms with E-state index in [2.05, 4.69) is 23.9 Å². The number of nitrogens with one attached hydrogen (secondary N) is 1. The molecule has 0 bridgehead atoms. The van der Waals surface area contributed by atoms with Crippen molar-refractivity contribution >= 4 is 6.09 Å². The Balaban J connectivity index is 2.17. The van der Waals surface area contributed by atoms with Gasteiger partial charge in [0.05, 0.1) is 0 Å². The standard InChI is InChI=1S/C11H22N2O2/c1-8-4-3-5-10(9(8)2)13-6-7-15-11(12)14/h8-10,13H,3-7H2,1-2H3,(H2,12,14). The van der Waals surface area contributed by atoms with Gasteiger partial charge in [0.25, 0.3) is 0 Å². The van der Waals surface area contributed by atoms with Crippen LogP contribution in [0, 0.1) is 11.8 Å². The summed E-state index contributed by atoms with van der Waals surface area (Å²) < 4.78 is 4.67. The van der Waals surface area contributed by atoms with Crippen LogP contribution in [0.5, 0.6) is 0 Å². The molecule has 0 heterocycles. The minimum absolute atomic E-state index is 0.368. The number of amides is 1. The zero-order chi connectivity index (χ0) is 11.3. The molecular weight excluding hydrogens is 192 g/mol. The fraction of sp³-hybridized carbons (Fsp3) is 0.909. The Morgan fingerprint density at radius 2 is 2.20 bits per heavy atom. The highest BCUT2D eigenvalue weighted by atomic mass is 16.5. The Morgan fingerprint density at radius 1 is 1.47 bits per heavy atom. The van der Waals surface area contributed by atoms with E-state index in [9.17, 15) is 4.79 Å². The van der Waals surface area contributed by atoms with Crippen LogP contribution in [-0.2, 0) is 4.74 Å². The van der Waals surface area contributed by atoms with Gasteiger partial charge in [-0.05, 0) is 18.3 Å². The second-order valence-corrected chi connectivity index (χ2v) is 4.50. The molecular formula is C11H22N2O2. The molecule has 3 atom stereocenters. The van der Waals surface area contributed by atoms with Gasteiger partial charge in [-0.25, -0.2) is 4.79 Å². The van der Waals surface area contributed by atoms with E-state index in [1.807, 2.05) is 0 Å². The molecule has 0 radical (unpaired) electrons. The van der Waals surface area contributed by atoms with Crippen LogP contribution in [0.25, 0.3) is 0 Å². The highest BCUT2D eigenvalue weighted by Gasteiger charge is 2.26. The first-order chi connectivity index (χ1) is 7.11. The van der Waals surface area contributed by atoms with Crippen LogP contribution in [0.2, 0.25) is 0 Å². The van der Waals surface area contributed by atoms with Gasteiger partial charge in [0.15, 0.2) is 0 Å². The molecule has 1 saturated carbocycles. The summed E-state index contributed by atoms with van der Waals surface area (Å²) in [7, 11) is 0. The van der Waals surface area contributed by atoms with Crippen molar-refractivity contribution in [2.45, 2.75) is 39.2 Å². The number of nitrogens with two attached hydrogens (primary N) is 1. The van der Waals surface area contributed by atoms with Crippen LogP contribution in [0.3, 0.4) is 0 Å². The van der Waals surface area contributed by atoms with E-state index in [1.54, 1.807) is 0 Å². The molecule has 0 aromatic carbocycles. The average Bonchev–Trinajstić information content (AvgIpc) is 2.18. The van der Waals surface area contributed by atoms with Crippen LogP contribution in [-0.4, -0.2) is 25.3 Å². The SMILES string of the molecule is CC1CCCC(NCCOC(N)=O)C1C. The van der Waals surface area contributed by atoms with E-state index in [1.165, 1.54) is 19.3 Å². The van der Waals surface area contributed by atoms with E-state index in [0.717, 1.165) is 5.92 Å². The number of primary amides is 1. The maximum absolute atomic E-state index is 10.3. The molecule has 0 aliphatic heterocycles. The van der Waals surface area contributed by atoms with Gasteiger partial charge in [0.1, 0.15) is 6.61 Å². The first kappa shape index (κ1) is 12.3. The maximum atomic E-state index is 10.3. The van der Waals surface area contributed by atoms with Crippen molar-refractivity contribution in [2.75, 3.05) is 13.2 Å². The monoisotopic (exact) mass is 214 g/mol. The Kier molecular flexibility index (Phi) is 4.88. The molecule has 0 saturated heterocycles. The molecule has 3 unspecified atom stereocenters. The van der Waals surface area contributed by atoms with E-state index in [-0.39, 0.29) is 0 Å². The van der Waals surface area contributed by atoms with Crippen LogP contribution in [0.1, 0.15) is 33.1 Å². The quantitative estimate of drug-likeness (QED) is 0.697. The molecule has 0 aromatic rings. The Labute approximate surface area is 91.5 Å². The number of carbonyl (C=O) groups is 1. The summed E-state index contributed by atoms with van der Waals surface area (Å²) in [6.07, 6.45) is 3.15. The Morgan fingerprint density at radius 3 is 2.87 bits per heavy atom. The van der Waals surface area contributed by atoms with Gasteiger partial charge in [0, 0.05) is 12.6 Å². The molecule has 1 fully saturated rings. The number of carbonyl (C=O) groups excluding carboxylic acids is 1. The lowest BCUT2D eigenvalue weighted by molar-refractivity contribution is 0.148. The van der Waals surface area contributed by atoms with Crippen molar-refractivity contribution in [3.05, 3.63) is 0 Å². The molecule has 4 heteroatoms. The molecule has 1 amide bonds. The summed E-state index contributed by atoms with van der Waals surface area (Å²) in [5.74, 6) is 1.49. The van der Waals surface area contributed by atoms with Gasteiger partial charge >= 0.3 is 6.09 Å². The summed E-state index contributed by atoms with van der Waals surface area (Å²) in [5, 5.41) is 3.42. The lowest BCUT2D eigenvalue weighted by Crippen LogP contribution is -2.42. The molecule has 4 nitrogen and oxygen atoms in total. The highest BCUT2D eigenvalue weighted by Crippen LogP contribution is 2.29. The number of hydrogen-bond acceptors (Lipinski definition) is 3. The van der Waals surface area contributed by atoms with Gasteiger partial charge in [-0.15, -0.1) is 0 Å². The van der Waals surface area contributed by atoms with Crippen LogP contribution in [0.15, 0.2) is 0 Å². The smallest absolute Gasteiger partial charge is 0.404 e. The van der Waals surface area contributed by atoms with Crippen molar-refractivity contribution < 1.29 is 9.53 Å². The number of rotatable bonds is 4. The third-order valence-electron chi connectivity index (χ3n) is 3.46. The van der Waals surface area contributed by atoms with E-state index in [0.29, 0.717) is 25.1 Å². The van der Waals surface area contributed by atoms with E-state index in [4.69, 9.17) is 5.73 Å².